The first-order valence-electron chi connectivity index (χ1n) is 8.21. The Morgan fingerprint density at radius 1 is 1.00 bits per heavy atom. The summed E-state index contributed by atoms with van der Waals surface area (Å²) >= 11 is 0. The van der Waals surface area contributed by atoms with Crippen molar-refractivity contribution in [1.82, 2.24) is 10.6 Å². The molecule has 2 N–H and O–H groups in total. The Balaban J connectivity index is 1.30. The molecule has 5 rings (SSSR count). The highest BCUT2D eigenvalue weighted by Crippen LogP contribution is 2.59. The van der Waals surface area contributed by atoms with Crippen molar-refractivity contribution in [1.29, 1.82) is 0 Å². The van der Waals surface area contributed by atoms with Crippen LogP contribution in [-0.2, 0) is 4.79 Å². The van der Waals surface area contributed by atoms with Gasteiger partial charge in [-0.1, -0.05) is 0 Å². The largest absolute Gasteiger partial charge is 0.354 e. The zero-order valence-electron chi connectivity index (χ0n) is 11.8. The van der Waals surface area contributed by atoms with E-state index in [0.717, 1.165) is 24.3 Å². The van der Waals surface area contributed by atoms with Crippen LogP contribution in [0.1, 0.15) is 51.4 Å². The lowest BCUT2D eigenvalue weighted by molar-refractivity contribution is -0.122. The molecule has 0 spiro atoms. The number of amides is 1. The van der Waals surface area contributed by atoms with E-state index in [4.69, 9.17) is 0 Å². The van der Waals surface area contributed by atoms with Crippen molar-refractivity contribution in [2.45, 2.75) is 57.4 Å². The van der Waals surface area contributed by atoms with Gasteiger partial charge in [0.1, 0.15) is 0 Å². The van der Waals surface area contributed by atoms with Crippen LogP contribution in [0.3, 0.4) is 0 Å². The Morgan fingerprint density at radius 3 is 2.11 bits per heavy atom. The van der Waals surface area contributed by atoms with E-state index in [2.05, 4.69) is 10.6 Å². The summed E-state index contributed by atoms with van der Waals surface area (Å²) in [5, 5.41) is 6.52. The molecule has 0 atom stereocenters. The van der Waals surface area contributed by atoms with Gasteiger partial charge in [-0.25, -0.2) is 0 Å². The maximum atomic E-state index is 11.9. The summed E-state index contributed by atoms with van der Waals surface area (Å²) in [6.07, 6.45) is 11.1. The van der Waals surface area contributed by atoms with Gasteiger partial charge in [0.15, 0.2) is 0 Å². The zero-order valence-corrected chi connectivity index (χ0v) is 11.8. The average molecular weight is 262 g/mol. The minimum absolute atomic E-state index is 0.211. The van der Waals surface area contributed by atoms with Crippen LogP contribution >= 0.6 is 0 Å². The van der Waals surface area contributed by atoms with Gasteiger partial charge in [0.25, 0.3) is 0 Å². The van der Waals surface area contributed by atoms with E-state index >= 15 is 0 Å². The third kappa shape index (κ3) is 2.54. The van der Waals surface area contributed by atoms with Crippen LogP contribution in [0.5, 0.6) is 0 Å². The molecule has 4 bridgehead atoms. The van der Waals surface area contributed by atoms with Gasteiger partial charge in [-0.2, -0.15) is 0 Å². The average Bonchev–Trinajstić information content (AvgIpc) is 3.16. The summed E-state index contributed by atoms with van der Waals surface area (Å²) in [5.74, 6) is 3.15. The highest BCUT2D eigenvalue weighted by atomic mass is 16.1. The Bertz CT molecular complexity index is 340. The predicted molar refractivity (Wildman–Crippen MR) is 74.6 cm³/mol. The molecule has 5 aliphatic rings. The van der Waals surface area contributed by atoms with Gasteiger partial charge in [0.05, 0.1) is 6.54 Å². The fraction of sp³-hybridized carbons (Fsp3) is 0.938. The highest BCUT2D eigenvalue weighted by molar-refractivity contribution is 5.78. The molecule has 1 amide bonds. The Morgan fingerprint density at radius 2 is 1.58 bits per heavy atom. The third-order valence-electron chi connectivity index (χ3n) is 5.95. The molecule has 0 radical (unpaired) electrons. The van der Waals surface area contributed by atoms with Crippen LogP contribution in [0.2, 0.25) is 0 Å². The molecule has 5 saturated carbocycles. The molecule has 0 aromatic rings. The van der Waals surface area contributed by atoms with Crippen LogP contribution in [0, 0.1) is 23.2 Å². The van der Waals surface area contributed by atoms with Crippen LogP contribution in [0.25, 0.3) is 0 Å². The second kappa shape index (κ2) is 4.47. The topological polar surface area (TPSA) is 41.1 Å². The molecule has 0 unspecified atom stereocenters. The predicted octanol–water partition coefficient (Wildman–Crippen LogP) is 2.07. The summed E-state index contributed by atoms with van der Waals surface area (Å²) in [5.41, 5.74) is 0.476. The molecule has 0 aromatic heterocycles. The van der Waals surface area contributed by atoms with Crippen molar-refractivity contribution >= 4 is 5.91 Å². The lowest BCUT2D eigenvalue weighted by atomic mass is 9.49. The molecular weight excluding hydrogens is 236 g/mol. The van der Waals surface area contributed by atoms with Gasteiger partial charge in [0.2, 0.25) is 5.91 Å². The Labute approximate surface area is 115 Å². The highest BCUT2D eigenvalue weighted by Gasteiger charge is 2.50. The molecular formula is C16H26N2O. The van der Waals surface area contributed by atoms with Crippen LogP contribution in [-0.4, -0.2) is 25.0 Å². The van der Waals surface area contributed by atoms with Crippen LogP contribution in [0.4, 0.5) is 0 Å². The number of rotatable bonds is 5. The standard InChI is InChI=1S/C16H26N2O/c19-15(9-17-14-1-2-14)18-10-16-6-11-3-12(7-16)5-13(4-11)8-16/h11-14,17H,1-10H2,(H,18,19). The zero-order chi connectivity index (χ0) is 12.9. The number of carbonyl (C=O) groups excluding carboxylic acids is 1. The number of hydrogen-bond donors (Lipinski definition) is 2. The summed E-state index contributed by atoms with van der Waals surface area (Å²) in [6, 6.07) is 0.630. The first-order chi connectivity index (χ1) is 9.21. The van der Waals surface area contributed by atoms with E-state index in [1.54, 1.807) is 0 Å². The lowest BCUT2D eigenvalue weighted by Crippen LogP contribution is -2.51. The Hall–Kier alpha value is -0.570. The van der Waals surface area contributed by atoms with Gasteiger partial charge < -0.3 is 10.6 Å². The molecule has 0 aliphatic heterocycles. The van der Waals surface area contributed by atoms with Crippen molar-refractivity contribution in [2.24, 2.45) is 23.2 Å². The molecule has 0 aromatic carbocycles. The summed E-state index contributed by atoms with van der Waals surface area (Å²) in [4.78, 5) is 11.9. The molecule has 106 valence electrons. The van der Waals surface area contributed by atoms with Crippen molar-refractivity contribution in [3.05, 3.63) is 0 Å². The minimum atomic E-state index is 0.211. The van der Waals surface area contributed by atoms with Gasteiger partial charge in [-0.15, -0.1) is 0 Å². The van der Waals surface area contributed by atoms with Crippen molar-refractivity contribution in [3.8, 4) is 0 Å². The first-order valence-corrected chi connectivity index (χ1v) is 8.21. The minimum Gasteiger partial charge on any atom is -0.354 e. The number of nitrogens with one attached hydrogen (secondary N) is 2. The molecule has 5 aliphatic carbocycles. The van der Waals surface area contributed by atoms with Gasteiger partial charge in [-0.3, -0.25) is 4.79 Å². The molecule has 0 saturated heterocycles. The number of hydrogen-bond acceptors (Lipinski definition) is 2. The van der Waals surface area contributed by atoms with Gasteiger partial charge in [0, 0.05) is 12.6 Å². The molecule has 3 nitrogen and oxygen atoms in total. The first kappa shape index (κ1) is 12.2. The van der Waals surface area contributed by atoms with Crippen LogP contribution < -0.4 is 10.6 Å². The third-order valence-corrected chi connectivity index (χ3v) is 5.95. The SMILES string of the molecule is O=C(CNC1CC1)NCC12CC3CC(CC(C3)C1)C2. The molecule has 3 heteroatoms. The fourth-order valence-corrected chi connectivity index (χ4v) is 5.38. The van der Waals surface area contributed by atoms with E-state index in [1.807, 2.05) is 0 Å². The van der Waals surface area contributed by atoms with Gasteiger partial charge >= 0.3 is 0 Å². The smallest absolute Gasteiger partial charge is 0.233 e. The molecule has 5 fully saturated rings. The molecule has 0 heterocycles. The number of carbonyl (C=O) groups is 1. The lowest BCUT2D eigenvalue weighted by Gasteiger charge is -2.56. The van der Waals surface area contributed by atoms with E-state index in [9.17, 15) is 4.79 Å². The van der Waals surface area contributed by atoms with Gasteiger partial charge in [-0.05, 0) is 74.5 Å². The summed E-state index contributed by atoms with van der Waals surface area (Å²) in [7, 11) is 0. The Kier molecular flexibility index (Phi) is 2.87. The van der Waals surface area contributed by atoms with Crippen LogP contribution in [0.15, 0.2) is 0 Å². The van der Waals surface area contributed by atoms with E-state index in [1.165, 1.54) is 51.4 Å². The normalized spacial score (nSPS) is 43.5. The van der Waals surface area contributed by atoms with E-state index in [-0.39, 0.29) is 5.91 Å². The monoisotopic (exact) mass is 262 g/mol. The second-order valence-electron chi connectivity index (χ2n) is 7.85. The summed E-state index contributed by atoms with van der Waals surface area (Å²) in [6.45, 7) is 1.47. The maximum Gasteiger partial charge on any atom is 0.233 e. The maximum absolute atomic E-state index is 11.9. The van der Waals surface area contributed by atoms with E-state index in [0.29, 0.717) is 18.0 Å². The quantitative estimate of drug-likeness (QED) is 0.796. The van der Waals surface area contributed by atoms with Crippen molar-refractivity contribution < 1.29 is 4.79 Å². The second-order valence-corrected chi connectivity index (χ2v) is 7.85. The fourth-order valence-electron chi connectivity index (χ4n) is 5.38. The van der Waals surface area contributed by atoms with E-state index < -0.39 is 0 Å². The van der Waals surface area contributed by atoms with Crippen molar-refractivity contribution in [2.75, 3.05) is 13.1 Å². The molecule has 19 heavy (non-hydrogen) atoms. The van der Waals surface area contributed by atoms with Crippen molar-refractivity contribution in [3.63, 3.8) is 0 Å². The summed E-state index contributed by atoms with van der Waals surface area (Å²) < 4.78 is 0.